The Morgan fingerprint density at radius 2 is 1.83 bits per heavy atom. The van der Waals surface area contributed by atoms with Gasteiger partial charge >= 0.3 is 0 Å². The molecule has 2 aromatic rings. The van der Waals surface area contributed by atoms with Crippen LogP contribution in [0, 0.1) is 5.92 Å². The van der Waals surface area contributed by atoms with Crippen LogP contribution >= 0.6 is 23.4 Å². The van der Waals surface area contributed by atoms with Crippen LogP contribution in [0.4, 0.5) is 0 Å². The number of thioether (sulfide) groups is 1. The van der Waals surface area contributed by atoms with Gasteiger partial charge in [0, 0.05) is 12.3 Å². The molecule has 0 saturated heterocycles. The van der Waals surface area contributed by atoms with E-state index < -0.39 is 0 Å². The molecule has 0 N–H and O–H groups in total. The molecule has 0 atom stereocenters. The van der Waals surface area contributed by atoms with Gasteiger partial charge in [0.15, 0.2) is 0 Å². The fraction of sp³-hybridized carbons (Fsp3) is 0.474. The van der Waals surface area contributed by atoms with E-state index in [1.165, 1.54) is 15.8 Å². The van der Waals surface area contributed by atoms with Crippen LogP contribution in [0.1, 0.15) is 45.7 Å². The Morgan fingerprint density at radius 3 is 2.38 bits per heavy atom. The molecule has 0 aliphatic heterocycles. The summed E-state index contributed by atoms with van der Waals surface area (Å²) in [5.41, 5.74) is 2.46. The zero-order chi connectivity index (χ0) is 17.9. The van der Waals surface area contributed by atoms with Gasteiger partial charge in [-0.15, -0.1) is 11.8 Å². The van der Waals surface area contributed by atoms with Crippen LogP contribution < -0.4 is 5.56 Å². The van der Waals surface area contributed by atoms with Crippen molar-refractivity contribution in [1.29, 1.82) is 0 Å². The lowest BCUT2D eigenvalue weighted by molar-refractivity contribution is 0.461. The second-order valence-corrected chi connectivity index (χ2v) is 8.83. The highest BCUT2D eigenvalue weighted by molar-refractivity contribution is 7.98. The molecule has 1 aromatic carbocycles. The molecule has 130 valence electrons. The molecule has 24 heavy (non-hydrogen) atoms. The largest absolute Gasteiger partial charge is 0.286 e. The average molecular weight is 365 g/mol. The van der Waals surface area contributed by atoms with Gasteiger partial charge in [-0.1, -0.05) is 70.5 Å². The molecule has 2 rings (SSSR count). The SMILES string of the molecule is CC(C)Cn1ncc(SCc2ccc(C(C)(C)C)cc2)c(Cl)c1=O. The minimum absolute atomic E-state index is 0.153. The molecule has 0 fully saturated rings. The first kappa shape index (κ1) is 19.1. The predicted molar refractivity (Wildman–Crippen MR) is 103 cm³/mol. The Balaban J connectivity index is 2.09. The van der Waals surface area contributed by atoms with E-state index in [0.717, 1.165) is 10.6 Å². The third kappa shape index (κ3) is 4.87. The Kier molecular flexibility index (Phi) is 6.16. The second-order valence-electron chi connectivity index (χ2n) is 7.44. The van der Waals surface area contributed by atoms with E-state index >= 15 is 0 Å². The molecule has 0 aliphatic carbocycles. The van der Waals surface area contributed by atoms with Crippen LogP contribution in [-0.2, 0) is 17.7 Å². The Hall–Kier alpha value is -1.26. The number of aromatic nitrogens is 2. The van der Waals surface area contributed by atoms with E-state index in [4.69, 9.17) is 11.6 Å². The summed E-state index contributed by atoms with van der Waals surface area (Å²) >= 11 is 7.79. The van der Waals surface area contributed by atoms with Crippen molar-refractivity contribution in [1.82, 2.24) is 9.78 Å². The fourth-order valence-electron chi connectivity index (χ4n) is 2.29. The first-order valence-corrected chi connectivity index (χ1v) is 9.52. The smallest absolute Gasteiger partial charge is 0.266 e. The normalized spacial score (nSPS) is 12.0. The summed E-state index contributed by atoms with van der Waals surface area (Å²) in [7, 11) is 0. The molecule has 5 heteroatoms. The minimum Gasteiger partial charge on any atom is -0.266 e. The van der Waals surface area contributed by atoms with Crippen LogP contribution in [0.25, 0.3) is 0 Å². The summed E-state index contributed by atoms with van der Waals surface area (Å²) < 4.78 is 1.44. The lowest BCUT2D eigenvalue weighted by Crippen LogP contribution is -2.25. The predicted octanol–water partition coefficient (Wildman–Crippen LogP) is 5.14. The van der Waals surface area contributed by atoms with E-state index in [2.05, 4.69) is 50.1 Å². The number of benzene rings is 1. The van der Waals surface area contributed by atoms with Crippen molar-refractivity contribution in [3.63, 3.8) is 0 Å². The van der Waals surface area contributed by atoms with Gasteiger partial charge in [-0.2, -0.15) is 5.10 Å². The van der Waals surface area contributed by atoms with E-state index in [1.54, 1.807) is 18.0 Å². The quantitative estimate of drug-likeness (QED) is 0.689. The zero-order valence-electron chi connectivity index (χ0n) is 15.0. The van der Waals surface area contributed by atoms with Crippen molar-refractivity contribution < 1.29 is 0 Å². The standard InChI is InChI=1S/C19H25ClN2OS/c1-13(2)11-22-18(23)17(20)16(10-21-22)24-12-14-6-8-15(9-7-14)19(3,4)5/h6-10,13H,11-12H2,1-5H3. The molecule has 0 saturated carbocycles. The molecular weight excluding hydrogens is 340 g/mol. The molecule has 0 amide bonds. The monoisotopic (exact) mass is 364 g/mol. The molecule has 1 heterocycles. The maximum absolute atomic E-state index is 12.2. The van der Waals surface area contributed by atoms with Gasteiger partial charge in [-0.3, -0.25) is 4.79 Å². The van der Waals surface area contributed by atoms with Gasteiger partial charge in [0.1, 0.15) is 5.02 Å². The van der Waals surface area contributed by atoms with Crippen molar-refractivity contribution in [2.75, 3.05) is 0 Å². The van der Waals surface area contributed by atoms with Gasteiger partial charge < -0.3 is 0 Å². The molecule has 1 aromatic heterocycles. The number of rotatable bonds is 5. The lowest BCUT2D eigenvalue weighted by Gasteiger charge is -2.19. The number of hydrogen-bond acceptors (Lipinski definition) is 3. The molecule has 0 unspecified atom stereocenters. The summed E-state index contributed by atoms with van der Waals surface area (Å²) in [6.45, 7) is 11.3. The molecular formula is C19H25ClN2OS. The Bertz CT molecular complexity index is 745. The van der Waals surface area contributed by atoms with Crippen LogP contribution in [-0.4, -0.2) is 9.78 Å². The lowest BCUT2D eigenvalue weighted by atomic mass is 9.87. The van der Waals surface area contributed by atoms with Crippen molar-refractivity contribution in [2.45, 2.75) is 57.2 Å². The van der Waals surface area contributed by atoms with Crippen molar-refractivity contribution >= 4 is 23.4 Å². The topological polar surface area (TPSA) is 34.9 Å². The van der Waals surface area contributed by atoms with Crippen molar-refractivity contribution in [3.05, 3.63) is 57.0 Å². The molecule has 0 spiro atoms. The Morgan fingerprint density at radius 1 is 1.21 bits per heavy atom. The Labute approximate surface area is 153 Å². The third-order valence-electron chi connectivity index (χ3n) is 3.71. The summed E-state index contributed by atoms with van der Waals surface area (Å²) in [6, 6.07) is 8.59. The van der Waals surface area contributed by atoms with Gasteiger partial charge in [-0.05, 0) is 22.5 Å². The third-order valence-corrected chi connectivity index (χ3v) is 5.28. The first-order chi connectivity index (χ1) is 11.2. The molecule has 0 aliphatic rings. The number of nitrogens with zero attached hydrogens (tertiary/aromatic N) is 2. The van der Waals surface area contributed by atoms with Gasteiger partial charge in [-0.25, -0.2) is 4.68 Å². The van der Waals surface area contributed by atoms with Crippen molar-refractivity contribution in [3.8, 4) is 0 Å². The highest BCUT2D eigenvalue weighted by Crippen LogP contribution is 2.28. The molecule has 0 radical (unpaired) electrons. The van der Waals surface area contributed by atoms with Gasteiger partial charge in [0.2, 0.25) is 0 Å². The molecule has 3 nitrogen and oxygen atoms in total. The maximum Gasteiger partial charge on any atom is 0.286 e. The first-order valence-electron chi connectivity index (χ1n) is 8.16. The minimum atomic E-state index is -0.210. The van der Waals surface area contributed by atoms with Crippen LogP contribution in [0.5, 0.6) is 0 Å². The van der Waals surface area contributed by atoms with E-state index in [-0.39, 0.29) is 16.0 Å². The van der Waals surface area contributed by atoms with Crippen LogP contribution in [0.2, 0.25) is 5.02 Å². The van der Waals surface area contributed by atoms with E-state index in [0.29, 0.717) is 12.5 Å². The number of hydrogen-bond donors (Lipinski definition) is 0. The van der Waals surface area contributed by atoms with Gasteiger partial charge in [0.05, 0.1) is 11.1 Å². The molecule has 0 bridgehead atoms. The summed E-state index contributed by atoms with van der Waals surface area (Å²) in [4.78, 5) is 13.0. The number of halogens is 1. The summed E-state index contributed by atoms with van der Waals surface area (Å²) in [5, 5.41) is 4.50. The van der Waals surface area contributed by atoms with Crippen LogP contribution in [0.15, 0.2) is 40.2 Å². The highest BCUT2D eigenvalue weighted by atomic mass is 35.5. The zero-order valence-corrected chi connectivity index (χ0v) is 16.5. The summed E-state index contributed by atoms with van der Waals surface area (Å²) in [6.07, 6.45) is 1.69. The summed E-state index contributed by atoms with van der Waals surface area (Å²) in [5.74, 6) is 1.12. The van der Waals surface area contributed by atoms with Crippen LogP contribution in [0.3, 0.4) is 0 Å². The fourth-order valence-corrected chi connectivity index (χ4v) is 3.45. The highest BCUT2D eigenvalue weighted by Gasteiger charge is 2.14. The van der Waals surface area contributed by atoms with E-state index in [9.17, 15) is 4.79 Å². The van der Waals surface area contributed by atoms with E-state index in [1.807, 2.05) is 13.8 Å². The van der Waals surface area contributed by atoms with Crippen molar-refractivity contribution in [2.24, 2.45) is 5.92 Å². The second kappa shape index (κ2) is 7.75. The average Bonchev–Trinajstić information content (AvgIpc) is 2.50. The maximum atomic E-state index is 12.2. The van der Waals surface area contributed by atoms with Gasteiger partial charge in [0.25, 0.3) is 5.56 Å².